The summed E-state index contributed by atoms with van der Waals surface area (Å²) in [6.45, 7) is 2.05. The second-order valence-electron chi connectivity index (χ2n) is 3.82. The maximum Gasteiger partial charge on any atom is 0.162 e. The number of aryl methyl sites for hydroxylation is 1. The first kappa shape index (κ1) is 10.7. The first-order valence-corrected chi connectivity index (χ1v) is 6.53. The van der Waals surface area contributed by atoms with Crippen molar-refractivity contribution in [2.24, 2.45) is 0 Å². The van der Waals surface area contributed by atoms with E-state index in [0.29, 0.717) is 11.0 Å². The number of rotatable bonds is 1. The van der Waals surface area contributed by atoms with Crippen molar-refractivity contribution < 1.29 is 0 Å². The van der Waals surface area contributed by atoms with E-state index in [-0.39, 0.29) is 0 Å². The van der Waals surface area contributed by atoms with Crippen LogP contribution in [0.4, 0.5) is 0 Å². The van der Waals surface area contributed by atoms with Crippen molar-refractivity contribution in [3.63, 3.8) is 0 Å². The fourth-order valence-electron chi connectivity index (χ4n) is 1.75. The first-order chi connectivity index (χ1) is 8.25. The van der Waals surface area contributed by atoms with Crippen LogP contribution in [0.25, 0.3) is 22.3 Å². The van der Waals surface area contributed by atoms with Crippen LogP contribution < -0.4 is 0 Å². The zero-order valence-electron chi connectivity index (χ0n) is 9.14. The van der Waals surface area contributed by atoms with Gasteiger partial charge in [0.2, 0.25) is 0 Å². The third kappa shape index (κ3) is 1.81. The minimum absolute atomic E-state index is 0.510. The van der Waals surface area contributed by atoms with Crippen LogP contribution in [0.1, 0.15) is 5.56 Å². The Balaban J connectivity index is 2.29. The van der Waals surface area contributed by atoms with Crippen molar-refractivity contribution >= 4 is 33.8 Å². The summed E-state index contributed by atoms with van der Waals surface area (Å²) in [7, 11) is 0. The average Bonchev–Trinajstić information content (AvgIpc) is 2.75. The summed E-state index contributed by atoms with van der Waals surface area (Å²) in [5, 5.41) is 5.54. The fourth-order valence-corrected chi connectivity index (χ4v) is 2.81. The van der Waals surface area contributed by atoms with E-state index in [4.69, 9.17) is 11.6 Å². The van der Waals surface area contributed by atoms with Crippen molar-refractivity contribution in [2.45, 2.75) is 6.92 Å². The Kier molecular flexibility index (Phi) is 2.57. The van der Waals surface area contributed by atoms with Gasteiger partial charge in [-0.05, 0) is 30.0 Å². The lowest BCUT2D eigenvalue weighted by molar-refractivity contribution is 1.22. The Labute approximate surface area is 108 Å². The average molecular weight is 261 g/mol. The molecule has 0 spiro atoms. The van der Waals surface area contributed by atoms with E-state index in [2.05, 4.69) is 27.7 Å². The highest BCUT2D eigenvalue weighted by Gasteiger charge is 2.09. The van der Waals surface area contributed by atoms with Gasteiger partial charge < -0.3 is 0 Å². The molecule has 84 valence electrons. The number of hydrogen-bond donors (Lipinski definition) is 0. The molecule has 4 heteroatoms. The number of benzene rings is 1. The molecule has 0 amide bonds. The lowest BCUT2D eigenvalue weighted by Gasteiger charge is -2.03. The highest BCUT2D eigenvalue weighted by molar-refractivity contribution is 7.08. The lowest BCUT2D eigenvalue weighted by atomic mass is 10.2. The van der Waals surface area contributed by atoms with Gasteiger partial charge >= 0.3 is 0 Å². The number of hydrogen-bond acceptors (Lipinski definition) is 3. The zero-order chi connectivity index (χ0) is 11.8. The van der Waals surface area contributed by atoms with E-state index in [0.717, 1.165) is 16.5 Å². The Morgan fingerprint density at radius 3 is 2.71 bits per heavy atom. The van der Waals surface area contributed by atoms with Crippen LogP contribution in [-0.2, 0) is 0 Å². The van der Waals surface area contributed by atoms with E-state index in [9.17, 15) is 0 Å². The van der Waals surface area contributed by atoms with Gasteiger partial charge in [0.25, 0.3) is 0 Å². The van der Waals surface area contributed by atoms with Crippen LogP contribution in [0.5, 0.6) is 0 Å². The molecule has 0 unspecified atom stereocenters. The molecule has 0 atom stereocenters. The zero-order valence-corrected chi connectivity index (χ0v) is 10.7. The SMILES string of the molecule is Cc1cscc1-c1nc(Cl)c2ccccc2n1. The molecule has 3 rings (SSSR count). The molecule has 0 bridgehead atoms. The van der Waals surface area contributed by atoms with Crippen molar-refractivity contribution in [3.8, 4) is 11.4 Å². The molecule has 1 aromatic carbocycles. The van der Waals surface area contributed by atoms with Crippen LogP contribution in [0.3, 0.4) is 0 Å². The first-order valence-electron chi connectivity index (χ1n) is 5.21. The van der Waals surface area contributed by atoms with Crippen molar-refractivity contribution in [1.29, 1.82) is 0 Å². The molecule has 17 heavy (non-hydrogen) atoms. The molecular formula is C13H9ClN2S. The maximum absolute atomic E-state index is 6.18. The summed E-state index contributed by atoms with van der Waals surface area (Å²) in [5.41, 5.74) is 3.12. The predicted octanol–water partition coefficient (Wildman–Crippen LogP) is 4.32. The largest absolute Gasteiger partial charge is 0.228 e. The van der Waals surface area contributed by atoms with Gasteiger partial charge in [-0.1, -0.05) is 23.7 Å². The van der Waals surface area contributed by atoms with Crippen LogP contribution in [0, 0.1) is 6.92 Å². The van der Waals surface area contributed by atoms with Crippen LogP contribution in [0.15, 0.2) is 35.0 Å². The van der Waals surface area contributed by atoms with Gasteiger partial charge in [-0.2, -0.15) is 11.3 Å². The van der Waals surface area contributed by atoms with Gasteiger partial charge in [-0.15, -0.1) is 0 Å². The molecule has 3 aromatic rings. The van der Waals surface area contributed by atoms with Gasteiger partial charge in [0, 0.05) is 16.3 Å². The minimum Gasteiger partial charge on any atom is -0.228 e. The van der Waals surface area contributed by atoms with Crippen LogP contribution in [-0.4, -0.2) is 9.97 Å². The number of fused-ring (bicyclic) bond motifs is 1. The number of thiophene rings is 1. The molecule has 0 radical (unpaired) electrons. The second kappa shape index (κ2) is 4.09. The normalized spacial score (nSPS) is 10.9. The maximum atomic E-state index is 6.18. The monoisotopic (exact) mass is 260 g/mol. The predicted molar refractivity (Wildman–Crippen MR) is 72.6 cm³/mol. The van der Waals surface area contributed by atoms with E-state index >= 15 is 0 Å². The van der Waals surface area contributed by atoms with Gasteiger partial charge in [0.05, 0.1) is 5.52 Å². The van der Waals surface area contributed by atoms with Crippen molar-refractivity contribution in [1.82, 2.24) is 9.97 Å². The summed E-state index contributed by atoms with van der Waals surface area (Å²) in [6.07, 6.45) is 0. The Bertz CT molecular complexity index is 691. The van der Waals surface area contributed by atoms with E-state index in [1.54, 1.807) is 11.3 Å². The van der Waals surface area contributed by atoms with E-state index in [1.165, 1.54) is 5.56 Å². The molecular weight excluding hydrogens is 252 g/mol. The summed E-state index contributed by atoms with van der Waals surface area (Å²) >= 11 is 7.83. The summed E-state index contributed by atoms with van der Waals surface area (Å²) in [4.78, 5) is 8.92. The highest BCUT2D eigenvalue weighted by atomic mass is 35.5. The van der Waals surface area contributed by atoms with Crippen molar-refractivity contribution in [2.75, 3.05) is 0 Å². The highest BCUT2D eigenvalue weighted by Crippen LogP contribution is 2.28. The summed E-state index contributed by atoms with van der Waals surface area (Å²) < 4.78 is 0. The lowest BCUT2D eigenvalue weighted by Crippen LogP contribution is -1.91. The Hall–Kier alpha value is -1.45. The molecule has 0 aliphatic carbocycles. The van der Waals surface area contributed by atoms with Gasteiger partial charge in [0.1, 0.15) is 5.15 Å². The van der Waals surface area contributed by atoms with E-state index < -0.39 is 0 Å². The van der Waals surface area contributed by atoms with Gasteiger partial charge in [0.15, 0.2) is 5.82 Å². The Morgan fingerprint density at radius 1 is 1.12 bits per heavy atom. The number of nitrogens with zero attached hydrogens (tertiary/aromatic N) is 2. The number of halogens is 1. The minimum atomic E-state index is 0.510. The topological polar surface area (TPSA) is 25.8 Å². The van der Waals surface area contributed by atoms with Crippen LogP contribution >= 0.6 is 22.9 Å². The smallest absolute Gasteiger partial charge is 0.162 e. The van der Waals surface area contributed by atoms with Gasteiger partial charge in [-0.25, -0.2) is 9.97 Å². The molecule has 2 aromatic heterocycles. The standard InChI is InChI=1S/C13H9ClN2S/c1-8-6-17-7-10(8)13-15-11-5-3-2-4-9(11)12(14)16-13/h2-7H,1H3. The number of aromatic nitrogens is 2. The fraction of sp³-hybridized carbons (Fsp3) is 0.0769. The second-order valence-corrected chi connectivity index (χ2v) is 4.93. The van der Waals surface area contributed by atoms with E-state index in [1.807, 2.05) is 24.3 Å². The molecule has 2 heterocycles. The third-order valence-corrected chi connectivity index (χ3v) is 3.80. The number of para-hydroxylation sites is 1. The molecule has 0 aliphatic heterocycles. The van der Waals surface area contributed by atoms with Crippen molar-refractivity contribution in [3.05, 3.63) is 45.7 Å². The van der Waals surface area contributed by atoms with Gasteiger partial charge in [-0.3, -0.25) is 0 Å². The third-order valence-electron chi connectivity index (χ3n) is 2.65. The molecule has 0 saturated carbocycles. The quantitative estimate of drug-likeness (QED) is 0.609. The Morgan fingerprint density at radius 2 is 1.94 bits per heavy atom. The summed E-state index contributed by atoms with van der Waals surface area (Å²) in [6, 6.07) is 7.78. The molecule has 0 N–H and O–H groups in total. The molecule has 0 aliphatic rings. The molecule has 2 nitrogen and oxygen atoms in total. The molecule has 0 saturated heterocycles. The van der Waals surface area contributed by atoms with Crippen LogP contribution in [0.2, 0.25) is 5.15 Å². The summed E-state index contributed by atoms with van der Waals surface area (Å²) in [5.74, 6) is 0.701. The molecule has 0 fully saturated rings.